The van der Waals surface area contributed by atoms with Crippen molar-refractivity contribution in [3.8, 4) is 5.75 Å². The number of aliphatic hydroxyl groups is 5. The number of esters is 2. The Kier molecular flexibility index (Phi) is 40.1. The van der Waals surface area contributed by atoms with E-state index >= 15 is 4.39 Å². The van der Waals surface area contributed by atoms with E-state index < -0.39 is 187 Å². The summed E-state index contributed by atoms with van der Waals surface area (Å²) in [4.78, 5) is 182. The molecule has 7 unspecified atom stereocenters. The van der Waals surface area contributed by atoms with Crippen LogP contribution in [-0.4, -0.2) is 258 Å². The zero-order chi connectivity index (χ0) is 89.3. The van der Waals surface area contributed by atoms with Crippen molar-refractivity contribution < 1.29 is 106 Å². The molecule has 0 radical (unpaired) electrons. The molecule has 2 aliphatic rings. The average Bonchev–Trinajstić information content (AvgIpc) is 1.61. The van der Waals surface area contributed by atoms with Crippen molar-refractivity contribution in [1.29, 1.82) is 0 Å². The predicted octanol–water partition coefficient (Wildman–Crippen LogP) is -1.62. The number of hydrogen-bond acceptors (Lipinski definition) is 29. The molecule has 20 N–H and O–H groups in total. The van der Waals surface area contributed by atoms with Crippen LogP contribution in [0.15, 0.2) is 57.9 Å². The highest BCUT2D eigenvalue weighted by Crippen LogP contribution is 2.34. The fourth-order valence-electron chi connectivity index (χ4n) is 12.8. The second-order valence-electron chi connectivity index (χ2n) is 31.3. The summed E-state index contributed by atoms with van der Waals surface area (Å²) in [6.45, 7) is 11.0. The number of Topliss-reactive ketones (excluding diaryl/α,β-unsaturated/α-hetero) is 2. The maximum absolute atomic E-state index is 15.1. The Morgan fingerprint density at radius 3 is 1.57 bits per heavy atom. The molecule has 1 aromatic carbocycles. The lowest BCUT2D eigenvalue weighted by Gasteiger charge is -2.27. The number of guanidine groups is 2. The normalized spacial score (nSPS) is 18.8. The number of nitrogens with one attached hydrogen (secondary N) is 7. The molecule has 7 amide bonds. The number of unbranched alkanes of at least 4 members (excludes halogenated alkanes) is 4. The number of carbonyl (C=O) groups excluding carboxylic acids is 11. The minimum atomic E-state index is -1.70. The summed E-state index contributed by atoms with van der Waals surface area (Å²) in [6.07, 6.45) is -2.25. The maximum atomic E-state index is 15.1. The van der Waals surface area contributed by atoms with Gasteiger partial charge in [-0.05, 0) is 124 Å². The third kappa shape index (κ3) is 33.3. The molecule has 5 heterocycles. The van der Waals surface area contributed by atoms with Crippen molar-refractivity contribution in [2.75, 3.05) is 70.8 Å². The van der Waals surface area contributed by atoms with Crippen LogP contribution >= 0.6 is 0 Å². The van der Waals surface area contributed by atoms with Crippen LogP contribution in [-0.2, 0) is 78.1 Å². The van der Waals surface area contributed by atoms with Gasteiger partial charge in [0.05, 0.1) is 64.8 Å². The number of ether oxygens (including phenoxy) is 5. The highest BCUT2D eigenvalue weighted by molar-refractivity contribution is 5.98. The Morgan fingerprint density at radius 2 is 1.11 bits per heavy atom. The number of aliphatic hydroxyl groups excluding tert-OH is 5. The van der Waals surface area contributed by atoms with Gasteiger partial charge in [0.2, 0.25) is 41.4 Å². The molecule has 2 fully saturated rings. The van der Waals surface area contributed by atoms with Crippen LogP contribution in [0.5, 0.6) is 5.75 Å². The van der Waals surface area contributed by atoms with Gasteiger partial charge >= 0.3 is 17.6 Å². The highest BCUT2D eigenvalue weighted by atomic mass is 19.1. The smallest absolute Gasteiger partial charge is 0.351 e. The summed E-state index contributed by atoms with van der Waals surface area (Å²) in [6, 6.07) is 1.83. The van der Waals surface area contributed by atoms with Gasteiger partial charge in [-0.3, -0.25) is 62.3 Å². The number of methoxy groups -OCH3 is 1. The van der Waals surface area contributed by atoms with Crippen LogP contribution in [0.1, 0.15) is 176 Å². The standard InChI is InChI=1S/C45H68N12O11.C32H51FN8O11/c1-26(59)12-9-8-10-14-30(53-33(60)22-49-40(63)28(13-11-19-48-44(46)47)21-34(61)68-45(2,3)4)41(64)54-31(20-27-15-17-29(66-7)18-16-27)42(65)55-35-32(23-58)67-43(37(35)62)57-25-52-36-38(56(5)6)50-24-51-39(36)57;1-17(43)9-6-5-7-11-20(28(49)39-26-19(33)15-41(31(50)40-26)29-25(47)24(46)21(16-42)51-29)38-22(44)14-37-27(48)18(10-8-12-36-30(34)35)13-23(45)52-32(2,3)4/h15-18,24-25,28,30-32,35,37,43,58,62H,8-14,19-23H2,1-7H3,(H,49,63)(H,53,60)(H,54,64)(H,55,65)(H4,46,47,48);15,18,20-21,24-25,29,42,46-47H,5-14,16H2,1-4H3,(H,37,48)(H,38,44)(H4,34,35,36)(H,39,40,49,50)/t28?,30?,31?,32-,35?,37+,43-;18?,20?,21-,24?,25+,29-/m11/s1. The van der Waals surface area contributed by atoms with Gasteiger partial charge in [-0.25, -0.2) is 24.1 Å². The van der Waals surface area contributed by atoms with Gasteiger partial charge in [0.15, 0.2) is 53.0 Å². The van der Waals surface area contributed by atoms with Crippen molar-refractivity contribution in [1.82, 2.24) is 61.0 Å². The topological polar surface area (TPSA) is 630 Å². The number of ketones is 2. The number of nitrogens with zero attached hydrogens (tertiary/aromatic N) is 9. The van der Waals surface area contributed by atoms with E-state index in [0.717, 1.165) is 0 Å². The number of nitrogens with two attached hydrogens (primary N) is 4. The molecule has 0 aliphatic carbocycles. The molecule has 0 bridgehead atoms. The zero-order valence-electron chi connectivity index (χ0n) is 69.7. The number of anilines is 2. The van der Waals surface area contributed by atoms with Crippen molar-refractivity contribution in [3.05, 3.63) is 65.0 Å². The number of fused-ring (bicyclic) bond motifs is 1. The molecule has 120 heavy (non-hydrogen) atoms. The van der Waals surface area contributed by atoms with E-state index in [9.17, 15) is 83.1 Å². The molecule has 666 valence electrons. The summed E-state index contributed by atoms with van der Waals surface area (Å²) in [5.74, 6) is -9.44. The fourth-order valence-corrected chi connectivity index (χ4v) is 12.8. The summed E-state index contributed by atoms with van der Waals surface area (Å²) >= 11 is 0. The number of carbonyl (C=O) groups is 11. The van der Waals surface area contributed by atoms with Crippen LogP contribution in [0.25, 0.3) is 11.2 Å². The zero-order valence-corrected chi connectivity index (χ0v) is 69.7. The summed E-state index contributed by atoms with van der Waals surface area (Å²) in [5, 5.41) is 69.5. The van der Waals surface area contributed by atoms with Crippen molar-refractivity contribution in [2.45, 2.75) is 243 Å². The minimum Gasteiger partial charge on any atom is -0.497 e. The van der Waals surface area contributed by atoms with Crippen molar-refractivity contribution in [3.63, 3.8) is 0 Å². The number of aromatic nitrogens is 6. The van der Waals surface area contributed by atoms with E-state index in [4.69, 9.17) is 46.6 Å². The highest BCUT2D eigenvalue weighted by Gasteiger charge is 2.48. The van der Waals surface area contributed by atoms with Gasteiger partial charge in [0.25, 0.3) is 0 Å². The first-order valence-electron chi connectivity index (χ1n) is 39.5. The van der Waals surface area contributed by atoms with Gasteiger partial charge < -0.3 is 124 Å². The van der Waals surface area contributed by atoms with E-state index in [2.05, 4.69) is 67.1 Å². The molecular formula is C77H119FN20O22. The first-order chi connectivity index (χ1) is 56.5. The number of benzene rings is 1. The SMILES string of the molecule is CC(=O)CCCCCC(NC(=O)CNC(=O)C(CCCN=C(N)N)CC(=O)OC(C)(C)C)C(=O)Nc1nc(=O)n([C@@H]2O[C@H](CO)C(O)[C@@H]2O)cc1F.COc1ccc(CC(NC(=O)C(CCCCCC(C)=O)NC(=O)CNC(=O)C(CCCN=C(N)N)CC(=O)OC(C)(C)C)C(=O)NC2[C@@H](CO)O[C@@H](n3cnc4c(N(C)C)ncnc43)[C@H]2O)cc1. The third-order valence-electron chi connectivity index (χ3n) is 18.7. The van der Waals surface area contributed by atoms with E-state index in [1.165, 1.54) is 38.2 Å². The van der Waals surface area contributed by atoms with Crippen LogP contribution < -0.4 is 75.5 Å². The maximum Gasteiger partial charge on any atom is 0.351 e. The number of rotatable bonds is 46. The molecule has 42 nitrogen and oxygen atoms in total. The molecule has 13 atom stereocenters. The molecule has 2 saturated heterocycles. The summed E-state index contributed by atoms with van der Waals surface area (Å²) in [5.41, 5.74) is 20.2. The number of amides is 7. The lowest BCUT2D eigenvalue weighted by atomic mass is 9.98. The molecular weight excluding hydrogens is 1580 g/mol. The Bertz CT molecular complexity index is 4220. The summed E-state index contributed by atoms with van der Waals surface area (Å²) < 4.78 is 44.5. The minimum absolute atomic E-state index is 0.00952. The number of hydrogen-bond donors (Lipinski definition) is 16. The van der Waals surface area contributed by atoms with Gasteiger partial charge in [-0.2, -0.15) is 4.98 Å². The van der Waals surface area contributed by atoms with E-state index in [0.29, 0.717) is 103 Å². The molecule has 43 heteroatoms. The molecule has 2 aliphatic heterocycles. The van der Waals surface area contributed by atoms with E-state index in [1.807, 2.05) is 0 Å². The van der Waals surface area contributed by atoms with E-state index in [-0.39, 0.29) is 81.5 Å². The van der Waals surface area contributed by atoms with Gasteiger partial charge in [0, 0.05) is 58.3 Å². The molecule has 0 saturated carbocycles. The molecule has 0 spiro atoms. The number of halogens is 1. The monoisotopic (exact) mass is 1690 g/mol. The first kappa shape index (κ1) is 99.6. The summed E-state index contributed by atoms with van der Waals surface area (Å²) in [7, 11) is 5.09. The second-order valence-corrected chi connectivity index (χ2v) is 31.3. The lowest BCUT2D eigenvalue weighted by molar-refractivity contribution is -0.158. The van der Waals surface area contributed by atoms with Crippen LogP contribution in [0, 0.1) is 17.7 Å². The van der Waals surface area contributed by atoms with Crippen LogP contribution in [0.2, 0.25) is 0 Å². The van der Waals surface area contributed by atoms with Gasteiger partial charge in [0.1, 0.15) is 83.5 Å². The Morgan fingerprint density at radius 1 is 0.608 bits per heavy atom. The fraction of sp³-hybridized carbons (Fsp3) is 0.636. The van der Waals surface area contributed by atoms with Crippen LogP contribution in [0.3, 0.4) is 0 Å². The predicted molar refractivity (Wildman–Crippen MR) is 432 cm³/mol. The van der Waals surface area contributed by atoms with Crippen molar-refractivity contribution >= 4 is 99.6 Å². The van der Waals surface area contributed by atoms with Crippen LogP contribution in [0.4, 0.5) is 16.0 Å². The van der Waals surface area contributed by atoms with E-state index in [1.54, 1.807) is 84.8 Å². The van der Waals surface area contributed by atoms with Crippen molar-refractivity contribution in [2.24, 2.45) is 44.8 Å². The van der Waals surface area contributed by atoms with Gasteiger partial charge in [-0.15, -0.1) is 0 Å². The quantitative estimate of drug-likeness (QED) is 0.0102. The molecule has 3 aromatic heterocycles. The lowest BCUT2D eigenvalue weighted by Crippen LogP contribution is -2.58. The largest absolute Gasteiger partial charge is 0.497 e. The van der Waals surface area contributed by atoms with Gasteiger partial charge in [-0.1, -0.05) is 37.8 Å². The molecule has 4 aromatic rings. The number of imidazole rings is 1. The third-order valence-corrected chi connectivity index (χ3v) is 18.7. The Balaban J connectivity index is 0.000000443. The Hall–Kier alpha value is -11.0. The number of aliphatic imine (C=N–C) groups is 2. The molecule has 6 rings (SSSR count). The Labute approximate surface area is 693 Å². The second kappa shape index (κ2) is 48.3. The first-order valence-corrected chi connectivity index (χ1v) is 39.5. The average molecular weight is 1700 g/mol.